The molecule has 0 aliphatic carbocycles. The number of nitrogens with zero attached hydrogens (tertiary/aromatic N) is 1. The third kappa shape index (κ3) is 37.5. The molecule has 0 spiro atoms. The van der Waals surface area contributed by atoms with Crippen LogP contribution in [0.5, 0.6) is 0 Å². The number of phosphoric acid groups is 1. The molecule has 0 bridgehead atoms. The highest BCUT2D eigenvalue weighted by molar-refractivity contribution is 7.47. The van der Waals surface area contributed by atoms with E-state index in [1.165, 1.54) is 12.8 Å². The highest BCUT2D eigenvalue weighted by Crippen LogP contribution is 2.43. The number of hydrogen-bond acceptors (Lipinski definition) is 5. The Hall–Kier alpha value is -2.58. The lowest BCUT2D eigenvalue weighted by molar-refractivity contribution is -0.870. The second-order valence-corrected chi connectivity index (χ2v) is 15.7. The van der Waals surface area contributed by atoms with Crippen LogP contribution in [0, 0.1) is 0 Å². The summed E-state index contributed by atoms with van der Waals surface area (Å²) in [5.41, 5.74) is 0. The van der Waals surface area contributed by atoms with Gasteiger partial charge in [0.1, 0.15) is 13.2 Å². The van der Waals surface area contributed by atoms with E-state index in [0.717, 1.165) is 83.5 Å². The van der Waals surface area contributed by atoms with Crippen molar-refractivity contribution in [2.75, 3.05) is 40.9 Å². The van der Waals surface area contributed by atoms with Crippen molar-refractivity contribution < 1.29 is 32.9 Å². The number of carbonyl (C=O) groups is 1. The molecule has 0 aromatic carbocycles. The van der Waals surface area contributed by atoms with E-state index in [1.54, 1.807) is 6.08 Å². The first-order valence-corrected chi connectivity index (χ1v) is 21.6. The number of amides is 1. The van der Waals surface area contributed by atoms with Crippen LogP contribution in [0.1, 0.15) is 123 Å². The van der Waals surface area contributed by atoms with Gasteiger partial charge in [0.2, 0.25) is 5.91 Å². The summed E-state index contributed by atoms with van der Waals surface area (Å²) in [5.74, 6) is -0.230. The normalized spacial score (nSPS) is 15.5. The summed E-state index contributed by atoms with van der Waals surface area (Å²) < 4.78 is 23.4. The Morgan fingerprint density at radius 1 is 0.660 bits per heavy atom. The minimum atomic E-state index is -4.36. The van der Waals surface area contributed by atoms with Crippen LogP contribution in [0.15, 0.2) is 97.2 Å². The molecule has 0 radical (unpaired) electrons. The molecule has 3 N–H and O–H groups in total. The van der Waals surface area contributed by atoms with Crippen LogP contribution in [0.2, 0.25) is 0 Å². The predicted molar refractivity (Wildman–Crippen MR) is 226 cm³/mol. The number of phosphoric ester groups is 1. The summed E-state index contributed by atoms with van der Waals surface area (Å²) in [6.07, 6.45) is 49.1. The largest absolute Gasteiger partial charge is 0.472 e. The first-order valence-electron chi connectivity index (χ1n) is 20.1. The molecule has 0 saturated carbocycles. The van der Waals surface area contributed by atoms with Crippen LogP contribution >= 0.6 is 7.82 Å². The molecule has 0 rings (SSSR count). The number of likely N-dealkylation sites (N-methyl/N-ethyl adjacent to an activating group) is 1. The minimum Gasteiger partial charge on any atom is -0.387 e. The summed E-state index contributed by atoms with van der Waals surface area (Å²) in [4.78, 5) is 23.0. The summed E-state index contributed by atoms with van der Waals surface area (Å²) in [6, 6.07) is -0.891. The van der Waals surface area contributed by atoms with E-state index < -0.39 is 20.0 Å². The number of aliphatic hydroxyl groups excluding tert-OH is 1. The van der Waals surface area contributed by atoms with Gasteiger partial charge in [-0.3, -0.25) is 13.8 Å². The molecule has 302 valence electrons. The van der Waals surface area contributed by atoms with Gasteiger partial charge in [-0.05, 0) is 83.5 Å². The number of quaternary nitrogens is 1. The highest BCUT2D eigenvalue weighted by Gasteiger charge is 2.27. The van der Waals surface area contributed by atoms with E-state index in [1.807, 2.05) is 27.2 Å². The zero-order chi connectivity index (χ0) is 39.3. The van der Waals surface area contributed by atoms with E-state index in [9.17, 15) is 19.4 Å². The van der Waals surface area contributed by atoms with E-state index in [2.05, 4.69) is 104 Å². The topological polar surface area (TPSA) is 105 Å². The molecule has 0 saturated heterocycles. The lowest BCUT2D eigenvalue weighted by atomic mass is 10.1. The number of carbonyl (C=O) groups excluding carboxylic acids is 1. The number of nitrogens with one attached hydrogen (secondary N) is 1. The smallest absolute Gasteiger partial charge is 0.387 e. The van der Waals surface area contributed by atoms with Crippen molar-refractivity contribution in [1.82, 2.24) is 5.32 Å². The van der Waals surface area contributed by atoms with E-state index in [-0.39, 0.29) is 19.1 Å². The van der Waals surface area contributed by atoms with Crippen LogP contribution in [-0.2, 0) is 18.4 Å². The first kappa shape index (κ1) is 50.4. The van der Waals surface area contributed by atoms with Crippen molar-refractivity contribution in [3.8, 4) is 0 Å². The molecule has 3 atom stereocenters. The predicted octanol–water partition coefficient (Wildman–Crippen LogP) is 10.8. The molecular formula is C44H76N2O6P+. The Morgan fingerprint density at radius 3 is 1.70 bits per heavy atom. The van der Waals surface area contributed by atoms with Crippen LogP contribution in [-0.4, -0.2) is 73.4 Å². The zero-order valence-corrected chi connectivity index (χ0v) is 34.9. The van der Waals surface area contributed by atoms with Crippen molar-refractivity contribution in [2.24, 2.45) is 0 Å². The Bertz CT molecular complexity index is 1180. The SMILES string of the molecule is CC/C=C\C/C=C\C/C=C\C/C=C\C/C=C\CCCCCC(=O)NC(COP(=O)(O)OCC[N+](C)(C)C)C(O)/C=C/CC/C=C/CC/C=C/CCCC. The van der Waals surface area contributed by atoms with Crippen molar-refractivity contribution in [2.45, 2.75) is 135 Å². The Balaban J connectivity index is 4.62. The number of allylic oxidation sites excluding steroid dienone is 15. The molecule has 1 amide bonds. The fraction of sp³-hybridized carbons (Fsp3) is 0.614. The van der Waals surface area contributed by atoms with Gasteiger partial charge in [0.05, 0.1) is 39.9 Å². The van der Waals surface area contributed by atoms with E-state index in [0.29, 0.717) is 23.9 Å². The number of aliphatic hydroxyl groups is 1. The summed E-state index contributed by atoms with van der Waals surface area (Å²) in [6.45, 7) is 4.55. The van der Waals surface area contributed by atoms with E-state index in [4.69, 9.17) is 9.05 Å². The molecule has 0 aromatic rings. The number of rotatable bonds is 34. The molecule has 0 heterocycles. The Labute approximate surface area is 324 Å². The second-order valence-electron chi connectivity index (χ2n) is 14.3. The lowest BCUT2D eigenvalue weighted by Crippen LogP contribution is -2.45. The molecular weight excluding hydrogens is 683 g/mol. The fourth-order valence-corrected chi connectivity index (χ4v) is 5.52. The van der Waals surface area contributed by atoms with Crippen molar-refractivity contribution in [3.63, 3.8) is 0 Å². The monoisotopic (exact) mass is 760 g/mol. The average molecular weight is 760 g/mol. The second kappa shape index (κ2) is 35.1. The maximum atomic E-state index is 12.8. The quantitative estimate of drug-likeness (QED) is 0.0261. The zero-order valence-electron chi connectivity index (χ0n) is 34.0. The van der Waals surface area contributed by atoms with Crippen LogP contribution < -0.4 is 5.32 Å². The lowest BCUT2D eigenvalue weighted by Gasteiger charge is -2.25. The summed E-state index contributed by atoms with van der Waals surface area (Å²) in [7, 11) is 1.50. The highest BCUT2D eigenvalue weighted by atomic mass is 31.2. The maximum absolute atomic E-state index is 12.8. The standard InChI is InChI=1S/C44H75N2O6P/c1-6-8-10-12-14-16-18-20-21-22-23-24-25-26-28-30-32-34-36-38-44(48)45-42(41-52-53(49,50)51-40-39-46(3,4)5)43(47)37-35-33-31-29-27-19-17-15-13-11-9-7-2/h8,10,13-16,20-21,23-24,26-29,35,37,42-43,47H,6-7,9,11-12,17-19,22,25,30-34,36,38-41H2,1-5H3,(H-,45,48,49,50)/p+1/b10-8-,15-13+,16-14-,21-20-,24-23-,28-26-,29-27+,37-35+. The van der Waals surface area contributed by atoms with Crippen LogP contribution in [0.25, 0.3) is 0 Å². The molecule has 8 nitrogen and oxygen atoms in total. The van der Waals surface area contributed by atoms with Gasteiger partial charge >= 0.3 is 7.82 Å². The Morgan fingerprint density at radius 2 is 1.15 bits per heavy atom. The fourth-order valence-electron chi connectivity index (χ4n) is 4.79. The Kier molecular flexibility index (Phi) is 33.4. The van der Waals surface area contributed by atoms with Gasteiger partial charge in [0, 0.05) is 6.42 Å². The van der Waals surface area contributed by atoms with Crippen LogP contribution in [0.4, 0.5) is 0 Å². The number of hydrogen-bond donors (Lipinski definition) is 3. The molecule has 53 heavy (non-hydrogen) atoms. The van der Waals surface area contributed by atoms with Gasteiger partial charge < -0.3 is 19.8 Å². The average Bonchev–Trinajstić information content (AvgIpc) is 3.10. The summed E-state index contributed by atoms with van der Waals surface area (Å²) in [5, 5.41) is 13.7. The molecule has 3 unspecified atom stereocenters. The van der Waals surface area contributed by atoms with Crippen LogP contribution in [0.3, 0.4) is 0 Å². The molecule has 0 fully saturated rings. The van der Waals surface area contributed by atoms with Crippen molar-refractivity contribution in [3.05, 3.63) is 97.2 Å². The van der Waals surface area contributed by atoms with E-state index >= 15 is 0 Å². The third-order valence-corrected chi connectivity index (χ3v) is 9.00. The van der Waals surface area contributed by atoms with Gasteiger partial charge in [-0.1, -0.05) is 130 Å². The molecule has 0 aromatic heterocycles. The van der Waals surface area contributed by atoms with Gasteiger partial charge in [-0.25, -0.2) is 4.57 Å². The van der Waals surface area contributed by atoms with Crippen molar-refractivity contribution >= 4 is 13.7 Å². The van der Waals surface area contributed by atoms with Gasteiger partial charge in [0.15, 0.2) is 0 Å². The summed E-state index contributed by atoms with van der Waals surface area (Å²) >= 11 is 0. The molecule has 0 aliphatic rings. The van der Waals surface area contributed by atoms with Gasteiger partial charge in [0.25, 0.3) is 0 Å². The minimum absolute atomic E-state index is 0.0407. The third-order valence-electron chi connectivity index (χ3n) is 8.02. The van der Waals surface area contributed by atoms with Gasteiger partial charge in [-0.15, -0.1) is 0 Å². The maximum Gasteiger partial charge on any atom is 0.472 e. The molecule has 9 heteroatoms. The first-order chi connectivity index (χ1) is 25.5. The van der Waals surface area contributed by atoms with Gasteiger partial charge in [-0.2, -0.15) is 0 Å². The van der Waals surface area contributed by atoms with Crippen molar-refractivity contribution in [1.29, 1.82) is 0 Å². The molecule has 0 aliphatic heterocycles. The number of unbranched alkanes of at least 4 members (excludes halogenated alkanes) is 7.